The van der Waals surface area contributed by atoms with Crippen LogP contribution in [0.4, 0.5) is 0 Å². The average molecular weight is 537 g/mol. The fourth-order valence-electron chi connectivity index (χ4n) is 3.55. The van der Waals surface area contributed by atoms with Crippen LogP contribution in [-0.2, 0) is 9.59 Å². The zero-order valence-corrected chi connectivity index (χ0v) is 19.8. The molecule has 0 saturated carbocycles. The monoisotopic (exact) mass is 535 g/mol. The van der Waals surface area contributed by atoms with Gasteiger partial charge >= 0.3 is 0 Å². The Kier molecular flexibility index (Phi) is 6.17. The minimum absolute atomic E-state index is 0.0605. The van der Waals surface area contributed by atoms with E-state index in [1.54, 1.807) is 37.3 Å². The molecule has 12 heteroatoms. The van der Waals surface area contributed by atoms with Gasteiger partial charge in [0.15, 0.2) is 11.5 Å². The van der Waals surface area contributed by atoms with E-state index in [1.165, 1.54) is 17.9 Å². The maximum atomic E-state index is 12.8. The summed E-state index contributed by atoms with van der Waals surface area (Å²) in [6.45, 7) is 1.34. The quantitative estimate of drug-likeness (QED) is 0.325. The van der Waals surface area contributed by atoms with Crippen molar-refractivity contribution in [2.24, 2.45) is 0 Å². The highest BCUT2D eigenvalue weighted by atomic mass is 79.9. The van der Waals surface area contributed by atoms with Crippen molar-refractivity contribution in [2.45, 2.75) is 18.3 Å². The Morgan fingerprint density at radius 1 is 1.27 bits per heavy atom. The number of halogens is 2. The SMILES string of the molecule is COc1cc(C2C(Cl)C(=O)N2NC(=O)CNn2c(C)nc3ccc(Br)cc3c2=O)ccc1O. The number of β-lactam (4-membered cyclic amide) rings is 1. The zero-order chi connectivity index (χ0) is 23.9. The number of carbonyl (C=O) groups is 2. The third-order valence-electron chi connectivity index (χ3n) is 5.21. The lowest BCUT2D eigenvalue weighted by Crippen LogP contribution is -2.64. The molecule has 1 aliphatic heterocycles. The maximum Gasteiger partial charge on any atom is 0.279 e. The average Bonchev–Trinajstić information content (AvgIpc) is 2.79. The Morgan fingerprint density at radius 2 is 2.03 bits per heavy atom. The lowest BCUT2D eigenvalue weighted by molar-refractivity contribution is -0.156. The molecule has 2 aromatic carbocycles. The second-order valence-electron chi connectivity index (χ2n) is 7.32. The fraction of sp³-hybridized carbons (Fsp3) is 0.238. The van der Waals surface area contributed by atoms with Crippen molar-refractivity contribution in [1.82, 2.24) is 20.1 Å². The molecule has 10 nitrogen and oxygen atoms in total. The number of hydrogen-bond donors (Lipinski definition) is 3. The second-order valence-corrected chi connectivity index (χ2v) is 8.70. The van der Waals surface area contributed by atoms with Gasteiger partial charge in [0, 0.05) is 4.47 Å². The molecule has 0 spiro atoms. The van der Waals surface area contributed by atoms with Gasteiger partial charge in [-0.25, -0.2) is 14.7 Å². The summed E-state index contributed by atoms with van der Waals surface area (Å²) < 4.78 is 7.00. The number of aryl methyl sites for hydroxylation is 1. The number of alkyl halides is 1. The maximum absolute atomic E-state index is 12.8. The highest BCUT2D eigenvalue weighted by Gasteiger charge is 2.48. The van der Waals surface area contributed by atoms with Gasteiger partial charge < -0.3 is 15.3 Å². The van der Waals surface area contributed by atoms with Gasteiger partial charge in [0.1, 0.15) is 23.8 Å². The molecular formula is C21H19BrClN5O5. The smallest absolute Gasteiger partial charge is 0.279 e. The molecule has 0 aliphatic carbocycles. The number of aromatic hydroxyl groups is 1. The molecule has 4 rings (SSSR count). The van der Waals surface area contributed by atoms with Gasteiger partial charge in [0.05, 0.1) is 18.0 Å². The standard InChI is InChI=1S/C21H19BrClN5O5/c1-10-25-14-5-4-12(22)8-13(14)20(31)27(10)24-9-17(30)26-28-19(18(23)21(28)32)11-3-6-15(29)16(7-11)33-2/h3-8,18-19,24,29H,9H2,1-2H3,(H,26,30). The predicted molar refractivity (Wildman–Crippen MR) is 125 cm³/mol. The van der Waals surface area contributed by atoms with Gasteiger partial charge in [0.25, 0.3) is 17.4 Å². The molecule has 3 N–H and O–H groups in total. The molecule has 1 fully saturated rings. The number of methoxy groups -OCH3 is 1. The van der Waals surface area contributed by atoms with Crippen molar-refractivity contribution in [3.05, 3.63) is 62.6 Å². The number of benzene rings is 2. The number of ether oxygens (including phenoxy) is 1. The van der Waals surface area contributed by atoms with Crippen LogP contribution in [0, 0.1) is 6.92 Å². The van der Waals surface area contributed by atoms with Crippen LogP contribution in [0.25, 0.3) is 10.9 Å². The Bertz CT molecular complexity index is 1330. The lowest BCUT2D eigenvalue weighted by atomic mass is 9.95. The number of amides is 2. The summed E-state index contributed by atoms with van der Waals surface area (Å²) in [5.74, 6) is -0.517. The summed E-state index contributed by atoms with van der Waals surface area (Å²) in [6, 6.07) is 9.06. The molecule has 172 valence electrons. The van der Waals surface area contributed by atoms with Crippen LogP contribution < -0.4 is 21.1 Å². The summed E-state index contributed by atoms with van der Waals surface area (Å²) in [5.41, 5.74) is 6.00. The van der Waals surface area contributed by atoms with E-state index < -0.39 is 23.2 Å². The molecule has 1 aliphatic rings. The number of carbonyl (C=O) groups excluding carboxylic acids is 2. The Balaban J connectivity index is 1.49. The van der Waals surface area contributed by atoms with E-state index in [0.717, 1.165) is 9.48 Å². The van der Waals surface area contributed by atoms with Gasteiger partial charge in [-0.2, -0.15) is 0 Å². The number of nitrogens with zero attached hydrogens (tertiary/aromatic N) is 3. The lowest BCUT2D eigenvalue weighted by Gasteiger charge is -2.44. The van der Waals surface area contributed by atoms with E-state index in [1.807, 2.05) is 0 Å². The summed E-state index contributed by atoms with van der Waals surface area (Å²) >= 11 is 9.51. The Morgan fingerprint density at radius 3 is 2.76 bits per heavy atom. The minimum Gasteiger partial charge on any atom is -0.504 e. The molecule has 1 aromatic heterocycles. The number of phenolic OH excluding ortho intramolecular Hbond substituents is 1. The van der Waals surface area contributed by atoms with Crippen LogP contribution in [0.15, 0.2) is 45.7 Å². The van der Waals surface area contributed by atoms with Crippen LogP contribution in [0.2, 0.25) is 0 Å². The second kappa shape index (κ2) is 8.91. The molecule has 2 amide bonds. The first-order valence-electron chi connectivity index (χ1n) is 9.77. The highest BCUT2D eigenvalue weighted by molar-refractivity contribution is 9.10. The molecule has 2 heterocycles. The van der Waals surface area contributed by atoms with Crippen molar-refractivity contribution in [3.63, 3.8) is 0 Å². The van der Waals surface area contributed by atoms with E-state index in [9.17, 15) is 19.5 Å². The first-order chi connectivity index (χ1) is 15.7. The van der Waals surface area contributed by atoms with Crippen LogP contribution in [0.1, 0.15) is 17.4 Å². The summed E-state index contributed by atoms with van der Waals surface area (Å²) in [6.07, 6.45) is 0. The fourth-order valence-corrected chi connectivity index (χ4v) is 4.28. The van der Waals surface area contributed by atoms with E-state index in [4.69, 9.17) is 16.3 Å². The molecular weight excluding hydrogens is 518 g/mol. The first-order valence-corrected chi connectivity index (χ1v) is 11.0. The van der Waals surface area contributed by atoms with Gasteiger partial charge in [-0.1, -0.05) is 22.0 Å². The van der Waals surface area contributed by atoms with Crippen molar-refractivity contribution in [1.29, 1.82) is 0 Å². The summed E-state index contributed by atoms with van der Waals surface area (Å²) in [7, 11) is 1.40. The van der Waals surface area contributed by atoms with E-state index in [0.29, 0.717) is 22.3 Å². The first kappa shape index (κ1) is 22.9. The number of nitrogens with one attached hydrogen (secondary N) is 2. The normalized spacial score (nSPS) is 17.6. The number of hydrogen-bond acceptors (Lipinski definition) is 7. The number of fused-ring (bicyclic) bond motifs is 1. The van der Waals surface area contributed by atoms with E-state index in [-0.39, 0.29) is 23.6 Å². The zero-order valence-electron chi connectivity index (χ0n) is 17.5. The van der Waals surface area contributed by atoms with Crippen LogP contribution in [0.5, 0.6) is 11.5 Å². The van der Waals surface area contributed by atoms with Crippen molar-refractivity contribution in [3.8, 4) is 11.5 Å². The third-order valence-corrected chi connectivity index (χ3v) is 6.13. The van der Waals surface area contributed by atoms with Gasteiger partial charge in [0.2, 0.25) is 0 Å². The molecule has 2 atom stereocenters. The highest BCUT2D eigenvalue weighted by Crippen LogP contribution is 2.40. The van der Waals surface area contributed by atoms with Gasteiger partial charge in [-0.05, 0) is 42.8 Å². The molecule has 1 saturated heterocycles. The van der Waals surface area contributed by atoms with Gasteiger partial charge in [-0.15, -0.1) is 11.6 Å². The number of aromatic nitrogens is 2. The van der Waals surface area contributed by atoms with Crippen molar-refractivity contribution >= 4 is 50.2 Å². The van der Waals surface area contributed by atoms with Crippen molar-refractivity contribution < 1.29 is 19.4 Å². The molecule has 0 bridgehead atoms. The van der Waals surface area contributed by atoms with Crippen molar-refractivity contribution in [2.75, 3.05) is 19.1 Å². The van der Waals surface area contributed by atoms with E-state index in [2.05, 4.69) is 31.8 Å². The van der Waals surface area contributed by atoms with E-state index >= 15 is 0 Å². The molecule has 2 unspecified atom stereocenters. The molecule has 3 aromatic rings. The summed E-state index contributed by atoms with van der Waals surface area (Å²) in [4.78, 5) is 42.0. The summed E-state index contributed by atoms with van der Waals surface area (Å²) in [5, 5.41) is 10.4. The largest absolute Gasteiger partial charge is 0.504 e. The number of phenols is 1. The van der Waals surface area contributed by atoms with Crippen LogP contribution >= 0.6 is 27.5 Å². The van der Waals surface area contributed by atoms with Crippen LogP contribution in [0.3, 0.4) is 0 Å². The third kappa shape index (κ3) is 4.21. The molecule has 33 heavy (non-hydrogen) atoms. The number of hydrazine groups is 1. The predicted octanol–water partition coefficient (Wildman–Crippen LogP) is 1.95. The molecule has 0 radical (unpaired) electrons. The Hall–Kier alpha value is -3.31. The van der Waals surface area contributed by atoms with Crippen LogP contribution in [-0.4, -0.2) is 50.6 Å². The topological polar surface area (TPSA) is 126 Å². The number of rotatable bonds is 6. The minimum atomic E-state index is -0.888. The van der Waals surface area contributed by atoms with Gasteiger partial charge in [-0.3, -0.25) is 19.8 Å². The Labute approximate surface area is 201 Å².